The molecule has 1 amide bonds. The maximum Gasteiger partial charge on any atom is 0.243 e. The van der Waals surface area contributed by atoms with Crippen LogP contribution in [-0.4, -0.2) is 58.0 Å². The van der Waals surface area contributed by atoms with Gasteiger partial charge in [0, 0.05) is 19.1 Å². The van der Waals surface area contributed by atoms with Gasteiger partial charge in [0.05, 0.1) is 18.0 Å². The molecule has 4 atom stereocenters. The highest BCUT2D eigenvalue weighted by atomic mass is 32.2. The van der Waals surface area contributed by atoms with Gasteiger partial charge in [-0.2, -0.15) is 4.31 Å². The van der Waals surface area contributed by atoms with E-state index in [1.807, 2.05) is 0 Å². The van der Waals surface area contributed by atoms with Crippen molar-refractivity contribution in [3.8, 4) is 5.75 Å². The lowest BCUT2D eigenvalue weighted by molar-refractivity contribution is -0.124. The van der Waals surface area contributed by atoms with E-state index in [1.54, 1.807) is 42.7 Å². The van der Waals surface area contributed by atoms with Crippen LogP contribution in [0.5, 0.6) is 5.75 Å². The molecule has 1 saturated heterocycles. The van der Waals surface area contributed by atoms with Crippen LogP contribution in [0.3, 0.4) is 0 Å². The first-order valence-corrected chi connectivity index (χ1v) is 11.5. The van der Waals surface area contributed by atoms with E-state index in [0.717, 1.165) is 25.7 Å². The summed E-state index contributed by atoms with van der Waals surface area (Å²) in [6, 6.07) is 6.36. The summed E-state index contributed by atoms with van der Waals surface area (Å²) in [4.78, 5) is 12.8. The van der Waals surface area contributed by atoms with E-state index in [0.29, 0.717) is 24.8 Å². The predicted octanol–water partition coefficient (Wildman–Crippen LogP) is 1.60. The molecule has 2 N–H and O–H groups in total. The number of ether oxygens (including phenoxy) is 1. The molecule has 3 rings (SSSR count). The highest BCUT2D eigenvalue weighted by Crippen LogP contribution is 2.40. The molecule has 0 spiro atoms. The lowest BCUT2D eigenvalue weighted by Gasteiger charge is -2.24. The highest BCUT2D eigenvalue weighted by Gasteiger charge is 2.47. The summed E-state index contributed by atoms with van der Waals surface area (Å²) < 4.78 is 32.7. The van der Waals surface area contributed by atoms with Gasteiger partial charge in [-0.15, -0.1) is 0 Å². The first-order chi connectivity index (χ1) is 13.4. The van der Waals surface area contributed by atoms with Crippen LogP contribution in [0.4, 0.5) is 0 Å². The van der Waals surface area contributed by atoms with E-state index in [1.165, 1.54) is 0 Å². The van der Waals surface area contributed by atoms with Crippen molar-refractivity contribution >= 4 is 15.9 Å². The summed E-state index contributed by atoms with van der Waals surface area (Å²) in [6.07, 6.45) is 3.59. The summed E-state index contributed by atoms with van der Waals surface area (Å²) in [5.41, 5.74) is 0. The Morgan fingerprint density at radius 1 is 1.25 bits per heavy atom. The molecule has 1 saturated carbocycles. The second kappa shape index (κ2) is 8.80. The van der Waals surface area contributed by atoms with Gasteiger partial charge in [0.1, 0.15) is 5.75 Å². The van der Waals surface area contributed by atoms with Crippen molar-refractivity contribution in [3.63, 3.8) is 0 Å². The Kier molecular flexibility index (Phi) is 6.62. The standard InChI is InChI=1S/C20H31N3O4S/c1-4-5-19(21-2)20(24)22-18-11-6-14-12-23(13-17(14)18)28(25,26)16-9-7-15(27-3)8-10-16/h7-10,14,17-19,21H,4-6,11-13H2,1-3H3,(H,22,24)/t14-,17+,18+,19+/m1/s1. The van der Waals surface area contributed by atoms with E-state index in [-0.39, 0.29) is 28.8 Å². The molecule has 1 aliphatic heterocycles. The molecule has 0 aromatic heterocycles. The fourth-order valence-corrected chi connectivity index (χ4v) is 6.01. The van der Waals surface area contributed by atoms with Gasteiger partial charge >= 0.3 is 0 Å². The minimum Gasteiger partial charge on any atom is -0.497 e. The molecule has 0 radical (unpaired) electrons. The average Bonchev–Trinajstić information content (AvgIpc) is 3.28. The number of hydrogen-bond acceptors (Lipinski definition) is 5. The molecular formula is C20H31N3O4S. The van der Waals surface area contributed by atoms with E-state index in [4.69, 9.17) is 4.74 Å². The highest BCUT2D eigenvalue weighted by molar-refractivity contribution is 7.89. The predicted molar refractivity (Wildman–Crippen MR) is 108 cm³/mol. The van der Waals surface area contributed by atoms with Gasteiger partial charge < -0.3 is 15.4 Å². The quantitative estimate of drug-likeness (QED) is 0.681. The third kappa shape index (κ3) is 4.18. The van der Waals surface area contributed by atoms with Gasteiger partial charge in [-0.05, 0) is 62.4 Å². The molecule has 156 valence electrons. The Morgan fingerprint density at radius 2 is 1.96 bits per heavy atom. The second-order valence-corrected chi connectivity index (χ2v) is 9.68. The smallest absolute Gasteiger partial charge is 0.243 e. The first-order valence-electron chi connectivity index (χ1n) is 10.0. The minimum atomic E-state index is -3.53. The summed E-state index contributed by atoms with van der Waals surface area (Å²) >= 11 is 0. The monoisotopic (exact) mass is 409 g/mol. The van der Waals surface area contributed by atoms with Gasteiger partial charge in [0.25, 0.3) is 0 Å². The number of rotatable bonds is 8. The van der Waals surface area contributed by atoms with Crippen molar-refractivity contribution in [2.24, 2.45) is 11.8 Å². The largest absolute Gasteiger partial charge is 0.497 e. The molecule has 0 bridgehead atoms. The average molecular weight is 410 g/mol. The maximum absolute atomic E-state index is 13.0. The van der Waals surface area contributed by atoms with E-state index in [9.17, 15) is 13.2 Å². The number of hydrogen-bond donors (Lipinski definition) is 2. The van der Waals surface area contributed by atoms with Gasteiger partial charge in [0.2, 0.25) is 15.9 Å². The van der Waals surface area contributed by atoms with Crippen molar-refractivity contribution in [2.75, 3.05) is 27.2 Å². The van der Waals surface area contributed by atoms with Crippen molar-refractivity contribution in [3.05, 3.63) is 24.3 Å². The molecule has 7 nitrogen and oxygen atoms in total. The number of sulfonamides is 1. The number of carbonyl (C=O) groups is 1. The molecule has 28 heavy (non-hydrogen) atoms. The number of nitrogens with zero attached hydrogens (tertiary/aromatic N) is 1. The lowest BCUT2D eigenvalue weighted by atomic mass is 9.97. The van der Waals surface area contributed by atoms with Crippen molar-refractivity contribution in [1.82, 2.24) is 14.9 Å². The van der Waals surface area contributed by atoms with Crippen LogP contribution in [0.1, 0.15) is 32.6 Å². The van der Waals surface area contributed by atoms with E-state index in [2.05, 4.69) is 17.6 Å². The zero-order valence-electron chi connectivity index (χ0n) is 16.8. The van der Waals surface area contributed by atoms with Crippen molar-refractivity contribution in [1.29, 1.82) is 0 Å². The zero-order chi connectivity index (χ0) is 20.3. The Hall–Kier alpha value is -1.64. The van der Waals surface area contributed by atoms with E-state index >= 15 is 0 Å². The number of benzene rings is 1. The maximum atomic E-state index is 13.0. The van der Waals surface area contributed by atoms with Gasteiger partial charge in [0.15, 0.2) is 0 Å². The van der Waals surface area contributed by atoms with Crippen molar-refractivity contribution in [2.45, 2.75) is 49.6 Å². The van der Waals surface area contributed by atoms with Gasteiger partial charge in [-0.25, -0.2) is 8.42 Å². The van der Waals surface area contributed by atoms with Crippen LogP contribution in [0.25, 0.3) is 0 Å². The molecule has 2 fully saturated rings. The van der Waals surface area contributed by atoms with Crippen LogP contribution in [0.2, 0.25) is 0 Å². The van der Waals surface area contributed by atoms with Crippen LogP contribution in [0, 0.1) is 11.8 Å². The van der Waals surface area contributed by atoms with Gasteiger partial charge in [-0.3, -0.25) is 4.79 Å². The van der Waals surface area contributed by atoms with E-state index < -0.39 is 10.0 Å². The number of fused-ring (bicyclic) bond motifs is 1. The first kappa shape index (κ1) is 21.1. The topological polar surface area (TPSA) is 87.7 Å². The fraction of sp³-hybridized carbons (Fsp3) is 0.650. The molecule has 1 aromatic rings. The summed E-state index contributed by atoms with van der Waals surface area (Å²) in [7, 11) is -0.179. The third-order valence-corrected chi connectivity index (χ3v) is 7.94. The molecular weight excluding hydrogens is 378 g/mol. The van der Waals surface area contributed by atoms with Gasteiger partial charge in [-0.1, -0.05) is 13.3 Å². The Morgan fingerprint density at radius 3 is 2.57 bits per heavy atom. The zero-order valence-corrected chi connectivity index (χ0v) is 17.7. The number of likely N-dealkylation sites (N-methyl/N-ethyl adjacent to an activating group) is 1. The van der Waals surface area contributed by atoms with Crippen LogP contribution in [-0.2, 0) is 14.8 Å². The SMILES string of the molecule is CCC[C@H](NC)C(=O)N[C@H]1CC[C@@H]2CN(S(=O)(=O)c3ccc(OC)cc3)C[C@@H]21. The third-order valence-electron chi connectivity index (χ3n) is 6.09. The number of nitrogens with one attached hydrogen (secondary N) is 2. The Labute approximate surface area is 167 Å². The molecule has 1 aliphatic carbocycles. The second-order valence-electron chi connectivity index (χ2n) is 7.74. The fourth-order valence-electron chi connectivity index (χ4n) is 4.48. The Balaban J connectivity index is 1.67. The molecule has 1 heterocycles. The normalized spacial score (nSPS) is 26.0. The summed E-state index contributed by atoms with van der Waals surface area (Å²) in [6.45, 7) is 3.04. The lowest BCUT2D eigenvalue weighted by Crippen LogP contribution is -2.48. The minimum absolute atomic E-state index is 0.0199. The van der Waals surface area contributed by atoms with Crippen molar-refractivity contribution < 1.29 is 17.9 Å². The summed E-state index contributed by atoms with van der Waals surface area (Å²) in [5, 5.41) is 6.25. The molecule has 2 aliphatic rings. The van der Waals surface area contributed by atoms with Crippen LogP contribution in [0.15, 0.2) is 29.2 Å². The summed E-state index contributed by atoms with van der Waals surface area (Å²) in [5.74, 6) is 1.13. The molecule has 8 heteroatoms. The Bertz CT molecular complexity index is 781. The van der Waals surface area contributed by atoms with Crippen LogP contribution >= 0.6 is 0 Å². The molecule has 0 unspecified atom stereocenters. The number of methoxy groups -OCH3 is 1. The molecule has 1 aromatic carbocycles. The number of amides is 1. The number of carbonyl (C=O) groups excluding carboxylic acids is 1. The van der Waals surface area contributed by atoms with Crippen LogP contribution < -0.4 is 15.4 Å².